The molecular weight excluding hydrogens is 240 g/mol. The molecule has 0 radical (unpaired) electrons. The van der Waals surface area contributed by atoms with Crippen LogP contribution in [0.15, 0.2) is 30.5 Å². The number of nitrogens with zero attached hydrogens (tertiary/aromatic N) is 2. The van der Waals surface area contributed by atoms with Gasteiger partial charge in [0, 0.05) is 11.8 Å². The summed E-state index contributed by atoms with van der Waals surface area (Å²) in [6, 6.07) is 8.17. The molecule has 19 heavy (non-hydrogen) atoms. The predicted molar refractivity (Wildman–Crippen MR) is 73.3 cm³/mol. The van der Waals surface area contributed by atoms with Gasteiger partial charge in [-0.05, 0) is 24.5 Å². The molecule has 0 spiro atoms. The quantitative estimate of drug-likeness (QED) is 0.915. The molecule has 0 aliphatic carbocycles. The summed E-state index contributed by atoms with van der Waals surface area (Å²) in [6.45, 7) is 6.00. The number of aliphatic hydroxyl groups is 1. The summed E-state index contributed by atoms with van der Waals surface area (Å²) in [5.41, 5.74) is 2.56. The summed E-state index contributed by atoms with van der Waals surface area (Å²) in [4.78, 5) is 8.36. The van der Waals surface area contributed by atoms with Gasteiger partial charge in [0.05, 0.1) is 12.3 Å². The first-order valence-electron chi connectivity index (χ1n) is 6.32. The number of benzene rings is 1. The molecule has 0 amide bonds. The Morgan fingerprint density at radius 3 is 2.63 bits per heavy atom. The molecule has 1 aromatic heterocycles. The third-order valence-corrected chi connectivity index (χ3v) is 2.97. The Labute approximate surface area is 113 Å². The second kappa shape index (κ2) is 5.80. The van der Waals surface area contributed by atoms with Crippen molar-refractivity contribution in [1.82, 2.24) is 9.97 Å². The molecule has 0 saturated carbocycles. The number of aromatic nitrogens is 2. The van der Waals surface area contributed by atoms with E-state index in [9.17, 15) is 0 Å². The lowest BCUT2D eigenvalue weighted by molar-refractivity contribution is 0.279. The van der Waals surface area contributed by atoms with Gasteiger partial charge in [-0.1, -0.05) is 32.0 Å². The average molecular weight is 258 g/mol. The van der Waals surface area contributed by atoms with E-state index in [1.54, 1.807) is 6.20 Å². The number of aliphatic hydroxyl groups excluding tert-OH is 1. The Morgan fingerprint density at radius 2 is 2.00 bits per heavy atom. The molecule has 0 atom stereocenters. The van der Waals surface area contributed by atoms with Crippen molar-refractivity contribution in [1.29, 1.82) is 0 Å². The average Bonchev–Trinajstić information content (AvgIpc) is 2.39. The smallest absolute Gasteiger partial charge is 0.322 e. The van der Waals surface area contributed by atoms with E-state index in [1.807, 2.05) is 31.2 Å². The molecule has 1 heterocycles. The molecule has 0 bridgehead atoms. The molecular formula is C15H18N2O2. The summed E-state index contributed by atoms with van der Waals surface area (Å²) < 4.78 is 5.75. The van der Waals surface area contributed by atoms with Gasteiger partial charge in [0.1, 0.15) is 5.75 Å². The van der Waals surface area contributed by atoms with Crippen LogP contribution in [0.2, 0.25) is 0 Å². The fourth-order valence-corrected chi connectivity index (χ4v) is 1.82. The van der Waals surface area contributed by atoms with Crippen LogP contribution in [-0.2, 0) is 6.61 Å². The number of para-hydroxylation sites is 1. The number of aryl methyl sites for hydroxylation is 1. The van der Waals surface area contributed by atoms with Gasteiger partial charge in [0.15, 0.2) is 0 Å². The lowest BCUT2D eigenvalue weighted by Crippen LogP contribution is -2.00. The minimum absolute atomic E-state index is 0.0608. The first-order valence-corrected chi connectivity index (χ1v) is 6.32. The van der Waals surface area contributed by atoms with Gasteiger partial charge in [-0.2, -0.15) is 4.98 Å². The van der Waals surface area contributed by atoms with E-state index < -0.39 is 0 Å². The SMILES string of the molecule is Cc1nc(Oc2ccccc2C(C)C)ncc1CO. The van der Waals surface area contributed by atoms with Crippen molar-refractivity contribution in [3.63, 3.8) is 0 Å². The van der Waals surface area contributed by atoms with Gasteiger partial charge in [-0.15, -0.1) is 0 Å². The fourth-order valence-electron chi connectivity index (χ4n) is 1.82. The van der Waals surface area contributed by atoms with Gasteiger partial charge in [0.25, 0.3) is 0 Å². The van der Waals surface area contributed by atoms with Gasteiger partial charge in [-0.25, -0.2) is 4.98 Å². The summed E-state index contributed by atoms with van der Waals surface area (Å²) in [5.74, 6) is 1.14. The van der Waals surface area contributed by atoms with Crippen molar-refractivity contribution in [3.8, 4) is 11.8 Å². The van der Waals surface area contributed by atoms with Crippen LogP contribution < -0.4 is 4.74 Å². The van der Waals surface area contributed by atoms with Crippen LogP contribution in [0.3, 0.4) is 0 Å². The molecule has 0 aliphatic rings. The van der Waals surface area contributed by atoms with Gasteiger partial charge < -0.3 is 9.84 Å². The normalized spacial score (nSPS) is 10.8. The fraction of sp³-hybridized carbons (Fsp3) is 0.333. The largest absolute Gasteiger partial charge is 0.424 e. The summed E-state index contributed by atoms with van der Waals surface area (Å²) in [6.07, 6.45) is 1.59. The lowest BCUT2D eigenvalue weighted by Gasteiger charge is -2.12. The van der Waals surface area contributed by atoms with Crippen molar-refractivity contribution in [2.45, 2.75) is 33.3 Å². The van der Waals surface area contributed by atoms with Crippen LogP contribution >= 0.6 is 0 Å². The van der Waals surface area contributed by atoms with E-state index in [-0.39, 0.29) is 6.61 Å². The first kappa shape index (κ1) is 13.5. The lowest BCUT2D eigenvalue weighted by atomic mass is 10.0. The molecule has 100 valence electrons. The van der Waals surface area contributed by atoms with Crippen molar-refractivity contribution < 1.29 is 9.84 Å². The highest BCUT2D eigenvalue weighted by molar-refractivity contribution is 5.37. The van der Waals surface area contributed by atoms with E-state index in [4.69, 9.17) is 9.84 Å². The zero-order chi connectivity index (χ0) is 13.8. The van der Waals surface area contributed by atoms with Crippen molar-refractivity contribution in [2.24, 2.45) is 0 Å². The highest BCUT2D eigenvalue weighted by atomic mass is 16.5. The second-order valence-corrected chi connectivity index (χ2v) is 4.72. The number of hydrogen-bond acceptors (Lipinski definition) is 4. The highest BCUT2D eigenvalue weighted by Crippen LogP contribution is 2.28. The van der Waals surface area contributed by atoms with E-state index in [2.05, 4.69) is 23.8 Å². The second-order valence-electron chi connectivity index (χ2n) is 4.72. The van der Waals surface area contributed by atoms with Crippen LogP contribution in [0.4, 0.5) is 0 Å². The summed E-state index contributed by atoms with van der Waals surface area (Å²) in [5, 5.41) is 9.10. The number of hydrogen-bond donors (Lipinski definition) is 1. The Hall–Kier alpha value is -1.94. The Morgan fingerprint density at radius 1 is 1.26 bits per heavy atom. The first-order chi connectivity index (χ1) is 9.11. The summed E-state index contributed by atoms with van der Waals surface area (Å²) >= 11 is 0. The van der Waals surface area contributed by atoms with Gasteiger partial charge in [0.2, 0.25) is 0 Å². The third kappa shape index (κ3) is 3.09. The Kier molecular flexibility index (Phi) is 4.12. The molecule has 4 nitrogen and oxygen atoms in total. The molecule has 0 saturated heterocycles. The maximum Gasteiger partial charge on any atom is 0.322 e. The van der Waals surface area contributed by atoms with E-state index >= 15 is 0 Å². The monoisotopic (exact) mass is 258 g/mol. The van der Waals surface area contributed by atoms with Crippen LogP contribution in [-0.4, -0.2) is 15.1 Å². The topological polar surface area (TPSA) is 55.2 Å². The molecule has 1 N–H and O–H groups in total. The van der Waals surface area contributed by atoms with Gasteiger partial charge >= 0.3 is 6.01 Å². The van der Waals surface area contributed by atoms with Crippen LogP contribution in [0.5, 0.6) is 11.8 Å². The van der Waals surface area contributed by atoms with Gasteiger partial charge in [-0.3, -0.25) is 0 Å². The molecule has 0 fully saturated rings. The third-order valence-electron chi connectivity index (χ3n) is 2.97. The standard InChI is InChI=1S/C15H18N2O2/c1-10(2)13-6-4-5-7-14(13)19-15-16-8-12(9-18)11(3)17-15/h4-8,10,18H,9H2,1-3H3. The highest BCUT2D eigenvalue weighted by Gasteiger charge is 2.10. The van der Waals surface area contributed by atoms with Crippen molar-refractivity contribution >= 4 is 0 Å². The van der Waals surface area contributed by atoms with E-state index in [0.717, 1.165) is 17.0 Å². The van der Waals surface area contributed by atoms with Crippen molar-refractivity contribution in [2.75, 3.05) is 0 Å². The molecule has 0 aliphatic heterocycles. The van der Waals surface area contributed by atoms with Crippen LogP contribution in [0, 0.1) is 6.92 Å². The van der Waals surface area contributed by atoms with Crippen LogP contribution in [0.1, 0.15) is 36.6 Å². The molecule has 0 unspecified atom stereocenters. The van der Waals surface area contributed by atoms with Crippen LogP contribution in [0.25, 0.3) is 0 Å². The maximum atomic E-state index is 9.10. The zero-order valence-electron chi connectivity index (χ0n) is 11.4. The predicted octanol–water partition coefficient (Wildman–Crippen LogP) is 3.19. The van der Waals surface area contributed by atoms with E-state index in [0.29, 0.717) is 17.5 Å². The molecule has 2 rings (SSSR count). The van der Waals surface area contributed by atoms with Crippen molar-refractivity contribution in [3.05, 3.63) is 47.3 Å². The minimum atomic E-state index is -0.0608. The Bertz CT molecular complexity index is 568. The summed E-state index contributed by atoms with van der Waals surface area (Å²) in [7, 11) is 0. The number of rotatable bonds is 4. The minimum Gasteiger partial charge on any atom is -0.424 e. The molecule has 2 aromatic rings. The molecule has 1 aromatic carbocycles. The molecule has 4 heteroatoms. The van der Waals surface area contributed by atoms with E-state index in [1.165, 1.54) is 0 Å². The Balaban J connectivity index is 2.29. The zero-order valence-corrected chi connectivity index (χ0v) is 11.4. The maximum absolute atomic E-state index is 9.10. The number of ether oxygens (including phenoxy) is 1.